The van der Waals surface area contributed by atoms with Crippen molar-refractivity contribution in [3.63, 3.8) is 0 Å². The fraction of sp³-hybridized carbons (Fsp3) is 0.176. The molecule has 8 nitrogen and oxygen atoms in total. The highest BCUT2D eigenvalue weighted by molar-refractivity contribution is 7.16. The van der Waals surface area contributed by atoms with Crippen LogP contribution in [-0.2, 0) is 4.74 Å². The van der Waals surface area contributed by atoms with Gasteiger partial charge in [0.25, 0.3) is 0 Å². The van der Waals surface area contributed by atoms with Gasteiger partial charge in [0.1, 0.15) is 11.5 Å². The number of hydrogen-bond donors (Lipinski definition) is 1. The van der Waals surface area contributed by atoms with Crippen molar-refractivity contribution in [1.29, 1.82) is 0 Å². The average Bonchev–Trinajstić information content (AvgIpc) is 2.66. The van der Waals surface area contributed by atoms with E-state index in [1.807, 2.05) is 6.07 Å². The number of aromatic nitrogens is 1. The zero-order chi connectivity index (χ0) is 18.9. The van der Waals surface area contributed by atoms with Crippen molar-refractivity contribution in [2.24, 2.45) is 10.2 Å². The largest absolute Gasteiger partial charge is 0.496 e. The molecule has 1 aromatic heterocycles. The van der Waals surface area contributed by atoms with Crippen LogP contribution in [0.3, 0.4) is 0 Å². The molecule has 0 aliphatic rings. The number of nitrogens with one attached hydrogen (secondary N) is 1. The van der Waals surface area contributed by atoms with Crippen LogP contribution in [-0.4, -0.2) is 44.2 Å². The van der Waals surface area contributed by atoms with Gasteiger partial charge in [-0.15, -0.1) is 14.3 Å². The molecule has 0 spiro atoms. The third-order valence-electron chi connectivity index (χ3n) is 3.28. The van der Waals surface area contributed by atoms with Gasteiger partial charge in [-0.1, -0.05) is 0 Å². The molecule has 1 N–H and O–H groups in total. The van der Waals surface area contributed by atoms with E-state index in [0.717, 1.165) is 5.56 Å². The predicted molar refractivity (Wildman–Crippen MR) is 103 cm³/mol. The molecule has 2 rings (SSSR count). The van der Waals surface area contributed by atoms with Crippen LogP contribution in [0.5, 0.6) is 11.5 Å². The molecular formula is C17H19N4O4P. The van der Waals surface area contributed by atoms with E-state index in [4.69, 9.17) is 14.2 Å². The van der Waals surface area contributed by atoms with E-state index < -0.39 is 6.09 Å². The van der Waals surface area contributed by atoms with Gasteiger partial charge in [-0.05, 0) is 24.3 Å². The van der Waals surface area contributed by atoms with E-state index in [-0.39, 0.29) is 5.90 Å². The number of nitrogens with zero attached hydrogens (tertiary/aromatic N) is 3. The van der Waals surface area contributed by atoms with E-state index in [1.165, 1.54) is 7.11 Å². The molecule has 26 heavy (non-hydrogen) atoms. The van der Waals surface area contributed by atoms with Gasteiger partial charge in [-0.3, -0.25) is 4.98 Å². The Kier molecular flexibility index (Phi) is 7.05. The molecule has 1 heterocycles. The summed E-state index contributed by atoms with van der Waals surface area (Å²) in [5.41, 5.74) is 2.04. The van der Waals surface area contributed by atoms with Crippen molar-refractivity contribution < 1.29 is 19.0 Å². The minimum Gasteiger partial charge on any atom is -0.496 e. The lowest BCUT2D eigenvalue weighted by atomic mass is 10.0. The zero-order valence-electron chi connectivity index (χ0n) is 14.4. The van der Waals surface area contributed by atoms with E-state index in [0.29, 0.717) is 28.9 Å². The summed E-state index contributed by atoms with van der Waals surface area (Å²) in [5, 5.41) is 9.84. The number of pyridine rings is 1. The summed E-state index contributed by atoms with van der Waals surface area (Å²) in [5.74, 6) is 1.25. The van der Waals surface area contributed by atoms with Crippen LogP contribution < -0.4 is 14.8 Å². The van der Waals surface area contributed by atoms with Gasteiger partial charge >= 0.3 is 6.09 Å². The summed E-state index contributed by atoms with van der Waals surface area (Å²) in [4.78, 5) is 15.8. The van der Waals surface area contributed by atoms with Crippen molar-refractivity contribution in [3.8, 4) is 22.6 Å². The lowest BCUT2D eigenvalue weighted by molar-refractivity contribution is 0.202. The van der Waals surface area contributed by atoms with E-state index in [9.17, 15) is 4.79 Å². The Morgan fingerprint density at radius 3 is 2.77 bits per heavy atom. The quantitative estimate of drug-likeness (QED) is 0.363. The van der Waals surface area contributed by atoms with Gasteiger partial charge in [0.2, 0.25) is 5.90 Å². The van der Waals surface area contributed by atoms with Crippen LogP contribution in [0.1, 0.15) is 5.56 Å². The number of hydrogen-bond acceptors (Lipinski definition) is 7. The van der Waals surface area contributed by atoms with Gasteiger partial charge in [-0.25, -0.2) is 4.79 Å². The van der Waals surface area contributed by atoms with Gasteiger partial charge in [0.15, 0.2) is 0 Å². The smallest absolute Gasteiger partial charge is 0.412 e. The maximum atomic E-state index is 11.6. The first kappa shape index (κ1) is 19.3. The topological polar surface area (TPSA) is 94.4 Å². The maximum absolute atomic E-state index is 11.6. The molecule has 0 radical (unpaired) electrons. The Balaban J connectivity index is 2.44. The van der Waals surface area contributed by atoms with E-state index in [1.54, 1.807) is 37.7 Å². The molecule has 1 unspecified atom stereocenters. The number of ether oxygens (including phenoxy) is 3. The number of amides is 1. The Hall–Kier alpha value is -2.99. The molecule has 1 aromatic carbocycles. The fourth-order valence-corrected chi connectivity index (χ4v) is 2.35. The van der Waals surface area contributed by atoms with Gasteiger partial charge in [0.05, 0.1) is 19.8 Å². The highest BCUT2D eigenvalue weighted by Crippen LogP contribution is 2.33. The second kappa shape index (κ2) is 9.48. The second-order valence-electron chi connectivity index (χ2n) is 4.85. The molecule has 0 aliphatic heterocycles. The first-order valence-corrected chi connectivity index (χ1v) is 8.31. The lowest BCUT2D eigenvalue weighted by Gasteiger charge is -2.12. The predicted octanol–water partition coefficient (Wildman–Crippen LogP) is 2.69. The molecule has 0 aliphatic carbocycles. The molecule has 136 valence electrons. The summed E-state index contributed by atoms with van der Waals surface area (Å²) in [6, 6.07) is 6.86. The Bertz CT molecular complexity index is 826. The van der Waals surface area contributed by atoms with Crippen LogP contribution in [0.4, 0.5) is 4.79 Å². The summed E-state index contributed by atoms with van der Waals surface area (Å²) in [7, 11) is 5.42. The van der Waals surface area contributed by atoms with E-state index in [2.05, 4.69) is 36.5 Å². The Morgan fingerprint density at radius 1 is 1.31 bits per heavy atom. The van der Waals surface area contributed by atoms with Crippen LogP contribution >= 0.6 is 9.24 Å². The first-order chi connectivity index (χ1) is 12.6. The lowest BCUT2D eigenvalue weighted by Crippen LogP contribution is -2.25. The van der Waals surface area contributed by atoms with Crippen molar-refractivity contribution in [1.82, 2.24) is 10.3 Å². The molecule has 1 atom stereocenters. The van der Waals surface area contributed by atoms with Gasteiger partial charge in [0, 0.05) is 36.5 Å². The van der Waals surface area contributed by atoms with Crippen LogP contribution in [0.15, 0.2) is 46.9 Å². The van der Waals surface area contributed by atoms with Gasteiger partial charge in [-0.2, -0.15) is 5.10 Å². The molecule has 0 bridgehead atoms. The molecule has 0 saturated heterocycles. The Labute approximate surface area is 153 Å². The highest BCUT2D eigenvalue weighted by Gasteiger charge is 2.13. The van der Waals surface area contributed by atoms with Crippen molar-refractivity contribution in [3.05, 3.63) is 42.2 Å². The molecule has 0 fully saturated rings. The van der Waals surface area contributed by atoms with Crippen LogP contribution in [0.2, 0.25) is 0 Å². The average molecular weight is 374 g/mol. The number of carbonyl (C=O) groups is 1. The molecular weight excluding hydrogens is 355 g/mol. The summed E-state index contributed by atoms with van der Waals surface area (Å²) in [6.45, 7) is 3.32. The second-order valence-corrected chi connectivity index (χ2v) is 5.25. The van der Waals surface area contributed by atoms with Crippen molar-refractivity contribution in [2.45, 2.75) is 0 Å². The van der Waals surface area contributed by atoms with E-state index >= 15 is 0 Å². The van der Waals surface area contributed by atoms with Crippen molar-refractivity contribution >= 4 is 27.9 Å². The molecule has 0 saturated carbocycles. The van der Waals surface area contributed by atoms with Crippen LogP contribution in [0, 0.1) is 0 Å². The number of benzene rings is 1. The van der Waals surface area contributed by atoms with Gasteiger partial charge < -0.3 is 19.5 Å². The van der Waals surface area contributed by atoms with Crippen molar-refractivity contribution in [2.75, 3.05) is 20.5 Å². The zero-order valence-corrected chi connectivity index (χ0v) is 15.6. The minimum atomic E-state index is -0.547. The van der Waals surface area contributed by atoms with Crippen LogP contribution in [0.25, 0.3) is 11.1 Å². The third-order valence-corrected chi connectivity index (χ3v) is 3.48. The number of carbonyl (C=O) groups excluding carboxylic acids is 1. The normalized spacial score (nSPS) is 10.8. The summed E-state index contributed by atoms with van der Waals surface area (Å²) < 4.78 is 15.8. The standard InChI is InChI=1S/C17H19N4O4P/c1-18-21-16(24-3)12-6-11(8-19-9-12)14-7-13(4-5-15(14)23-2)25-17(22)20-10-26/h4-9H,1,10,26H2,2-3H3,(H,20,22)/b21-16-. The highest BCUT2D eigenvalue weighted by atomic mass is 31.0. The molecule has 2 aromatic rings. The number of methoxy groups -OCH3 is 2. The summed E-state index contributed by atoms with van der Waals surface area (Å²) >= 11 is 0. The first-order valence-electron chi connectivity index (χ1n) is 7.50. The summed E-state index contributed by atoms with van der Waals surface area (Å²) in [6.07, 6.45) is 3.09. The number of rotatable bonds is 6. The Morgan fingerprint density at radius 2 is 2.12 bits per heavy atom. The maximum Gasteiger partial charge on any atom is 0.412 e. The third kappa shape index (κ3) is 4.77. The minimum absolute atomic E-state index is 0.278. The molecule has 1 amide bonds. The monoisotopic (exact) mass is 374 g/mol. The fourth-order valence-electron chi connectivity index (χ4n) is 2.19. The SMILES string of the molecule is C=N/N=C(\OC)c1cncc(-c2cc(OC(=O)NCP)ccc2OC)c1. The molecule has 9 heteroatoms.